The van der Waals surface area contributed by atoms with Gasteiger partial charge in [0, 0.05) is 13.0 Å². The first-order chi connectivity index (χ1) is 10.1. The van der Waals surface area contributed by atoms with Crippen LogP contribution in [0.4, 0.5) is 4.79 Å². The number of amides is 1. The molecule has 21 heavy (non-hydrogen) atoms. The summed E-state index contributed by atoms with van der Waals surface area (Å²) in [5.41, 5.74) is 0.864. The van der Waals surface area contributed by atoms with Crippen LogP contribution in [-0.4, -0.2) is 35.5 Å². The Hall–Kier alpha value is -2.37. The minimum atomic E-state index is -0.754. The van der Waals surface area contributed by atoms with Crippen LogP contribution in [0.3, 0.4) is 0 Å². The molecule has 1 atom stereocenters. The van der Waals surface area contributed by atoms with Crippen molar-refractivity contribution in [1.29, 1.82) is 0 Å². The summed E-state index contributed by atoms with van der Waals surface area (Å²) < 4.78 is 9.77. The second-order valence-corrected chi connectivity index (χ2v) is 4.67. The van der Waals surface area contributed by atoms with Crippen LogP contribution in [0, 0.1) is 0 Å². The highest BCUT2D eigenvalue weighted by Gasteiger charge is 2.36. The van der Waals surface area contributed by atoms with Gasteiger partial charge in [-0.2, -0.15) is 0 Å². The van der Waals surface area contributed by atoms with Gasteiger partial charge in [-0.25, -0.2) is 9.59 Å². The molecular weight excluding hydrogens is 274 g/mol. The number of benzene rings is 1. The molecule has 6 nitrogen and oxygen atoms in total. The molecule has 0 spiro atoms. The Morgan fingerprint density at radius 3 is 2.67 bits per heavy atom. The standard InChI is InChI=1S/C15H17NO5/c1-2-16(12-8-9-13(17)21-14(12)18)15(19)20-10-11-6-4-3-5-7-11/h3-7,12H,2,8-10H2,1H3/t12-/m0/s1. The third kappa shape index (κ3) is 3.81. The van der Waals surface area contributed by atoms with Crippen LogP contribution < -0.4 is 0 Å². The summed E-state index contributed by atoms with van der Waals surface area (Å²) in [5.74, 6) is -1.24. The summed E-state index contributed by atoms with van der Waals surface area (Å²) in [7, 11) is 0. The summed E-state index contributed by atoms with van der Waals surface area (Å²) in [4.78, 5) is 36.1. The number of rotatable bonds is 4. The van der Waals surface area contributed by atoms with E-state index in [0.717, 1.165) is 5.56 Å². The van der Waals surface area contributed by atoms with Gasteiger partial charge in [-0.1, -0.05) is 30.3 Å². The lowest BCUT2D eigenvalue weighted by molar-refractivity contribution is -0.168. The van der Waals surface area contributed by atoms with Crippen molar-refractivity contribution < 1.29 is 23.9 Å². The maximum absolute atomic E-state index is 12.1. The Morgan fingerprint density at radius 1 is 1.33 bits per heavy atom. The van der Waals surface area contributed by atoms with E-state index in [0.29, 0.717) is 6.54 Å². The number of cyclic esters (lactones) is 2. The quantitative estimate of drug-likeness (QED) is 0.625. The third-order valence-corrected chi connectivity index (χ3v) is 3.26. The summed E-state index contributed by atoms with van der Waals surface area (Å²) in [6.07, 6.45) is -0.192. The van der Waals surface area contributed by atoms with E-state index >= 15 is 0 Å². The monoisotopic (exact) mass is 291 g/mol. The van der Waals surface area contributed by atoms with Crippen molar-refractivity contribution in [3.8, 4) is 0 Å². The maximum Gasteiger partial charge on any atom is 0.410 e. The van der Waals surface area contributed by atoms with Crippen molar-refractivity contribution in [3.05, 3.63) is 35.9 Å². The van der Waals surface area contributed by atoms with Crippen molar-refractivity contribution in [2.45, 2.75) is 32.4 Å². The van der Waals surface area contributed by atoms with Crippen LogP contribution in [0.2, 0.25) is 0 Å². The van der Waals surface area contributed by atoms with Crippen molar-refractivity contribution in [2.24, 2.45) is 0 Å². The molecule has 1 aliphatic heterocycles. The van der Waals surface area contributed by atoms with Gasteiger partial charge in [-0.15, -0.1) is 0 Å². The molecule has 1 saturated heterocycles. The second-order valence-electron chi connectivity index (χ2n) is 4.67. The zero-order chi connectivity index (χ0) is 15.2. The van der Waals surface area contributed by atoms with Crippen molar-refractivity contribution in [1.82, 2.24) is 4.90 Å². The summed E-state index contributed by atoms with van der Waals surface area (Å²) in [6.45, 7) is 2.19. The van der Waals surface area contributed by atoms with Gasteiger partial charge in [0.05, 0.1) is 0 Å². The molecule has 0 aromatic heterocycles. The highest BCUT2D eigenvalue weighted by molar-refractivity contribution is 5.93. The number of hydrogen-bond donors (Lipinski definition) is 0. The van der Waals surface area contributed by atoms with E-state index < -0.39 is 24.1 Å². The average molecular weight is 291 g/mol. The van der Waals surface area contributed by atoms with Gasteiger partial charge in [0.2, 0.25) is 0 Å². The van der Waals surface area contributed by atoms with Gasteiger partial charge in [0.25, 0.3) is 0 Å². The highest BCUT2D eigenvalue weighted by atomic mass is 16.6. The van der Waals surface area contributed by atoms with E-state index in [-0.39, 0.29) is 19.4 Å². The molecule has 1 aromatic carbocycles. The van der Waals surface area contributed by atoms with Gasteiger partial charge >= 0.3 is 18.0 Å². The maximum atomic E-state index is 12.1. The fourth-order valence-electron chi connectivity index (χ4n) is 2.17. The largest absolute Gasteiger partial charge is 0.445 e. The Bertz CT molecular complexity index is 528. The number of likely N-dealkylation sites (N-methyl/N-ethyl adjacent to an activating group) is 1. The topological polar surface area (TPSA) is 72.9 Å². The minimum Gasteiger partial charge on any atom is -0.445 e. The predicted molar refractivity (Wildman–Crippen MR) is 73.1 cm³/mol. The van der Waals surface area contributed by atoms with Crippen LogP contribution in [0.5, 0.6) is 0 Å². The molecule has 1 fully saturated rings. The van der Waals surface area contributed by atoms with Crippen LogP contribution in [0.1, 0.15) is 25.3 Å². The van der Waals surface area contributed by atoms with Crippen molar-refractivity contribution in [3.63, 3.8) is 0 Å². The third-order valence-electron chi connectivity index (χ3n) is 3.26. The Balaban J connectivity index is 1.95. The van der Waals surface area contributed by atoms with Gasteiger partial charge in [-0.3, -0.25) is 9.69 Å². The minimum absolute atomic E-state index is 0.124. The summed E-state index contributed by atoms with van der Waals surface area (Å²) in [6, 6.07) is 8.51. The second kappa shape index (κ2) is 6.88. The lowest BCUT2D eigenvalue weighted by Crippen LogP contribution is -2.48. The Labute approximate surface area is 122 Å². The fourth-order valence-corrected chi connectivity index (χ4v) is 2.17. The number of ether oxygens (including phenoxy) is 2. The predicted octanol–water partition coefficient (Wildman–Crippen LogP) is 1.88. The van der Waals surface area contributed by atoms with Gasteiger partial charge in [-0.05, 0) is 18.9 Å². The number of carbonyl (C=O) groups is 3. The molecule has 1 heterocycles. The average Bonchev–Trinajstić information content (AvgIpc) is 2.49. The van der Waals surface area contributed by atoms with Crippen molar-refractivity contribution >= 4 is 18.0 Å². The van der Waals surface area contributed by atoms with E-state index in [4.69, 9.17) is 4.74 Å². The first-order valence-electron chi connectivity index (χ1n) is 6.83. The number of carbonyl (C=O) groups excluding carboxylic acids is 3. The summed E-state index contributed by atoms with van der Waals surface area (Å²) in [5, 5.41) is 0. The first kappa shape index (κ1) is 15.0. The highest BCUT2D eigenvalue weighted by Crippen LogP contribution is 2.17. The zero-order valence-electron chi connectivity index (χ0n) is 11.8. The van der Waals surface area contributed by atoms with Crippen LogP contribution in [-0.2, 0) is 25.7 Å². The lowest BCUT2D eigenvalue weighted by atomic mass is 10.1. The van der Waals surface area contributed by atoms with Crippen LogP contribution >= 0.6 is 0 Å². The zero-order valence-corrected chi connectivity index (χ0v) is 11.8. The van der Waals surface area contributed by atoms with Crippen LogP contribution in [0.25, 0.3) is 0 Å². The normalized spacial score (nSPS) is 18.0. The lowest BCUT2D eigenvalue weighted by Gasteiger charge is -2.30. The number of hydrogen-bond acceptors (Lipinski definition) is 5. The summed E-state index contributed by atoms with van der Waals surface area (Å²) >= 11 is 0. The molecule has 0 bridgehead atoms. The van der Waals surface area contributed by atoms with E-state index in [1.54, 1.807) is 6.92 Å². The number of esters is 2. The Morgan fingerprint density at radius 2 is 2.05 bits per heavy atom. The van der Waals surface area contributed by atoms with Gasteiger partial charge < -0.3 is 9.47 Å². The molecule has 6 heteroatoms. The molecular formula is C15H17NO5. The SMILES string of the molecule is CCN(C(=O)OCc1ccccc1)[C@H]1CCC(=O)OC1=O. The van der Waals surface area contributed by atoms with E-state index in [1.807, 2.05) is 30.3 Å². The molecule has 1 amide bonds. The fraction of sp³-hybridized carbons (Fsp3) is 0.400. The van der Waals surface area contributed by atoms with Gasteiger partial charge in [0.1, 0.15) is 12.6 Å². The molecule has 1 aromatic rings. The Kier molecular flexibility index (Phi) is 4.92. The van der Waals surface area contributed by atoms with E-state index in [2.05, 4.69) is 4.74 Å². The molecule has 0 saturated carbocycles. The molecule has 112 valence electrons. The molecule has 1 aliphatic rings. The van der Waals surface area contributed by atoms with E-state index in [1.165, 1.54) is 4.90 Å². The molecule has 0 radical (unpaired) electrons. The first-order valence-corrected chi connectivity index (χ1v) is 6.83. The molecule has 0 N–H and O–H groups in total. The molecule has 0 aliphatic carbocycles. The molecule has 0 unspecified atom stereocenters. The number of nitrogens with zero attached hydrogens (tertiary/aromatic N) is 1. The smallest absolute Gasteiger partial charge is 0.410 e. The molecule has 2 rings (SSSR count). The van der Waals surface area contributed by atoms with Gasteiger partial charge in [0.15, 0.2) is 0 Å². The van der Waals surface area contributed by atoms with E-state index in [9.17, 15) is 14.4 Å². The van der Waals surface area contributed by atoms with Crippen molar-refractivity contribution in [2.75, 3.05) is 6.54 Å². The van der Waals surface area contributed by atoms with Crippen LogP contribution in [0.15, 0.2) is 30.3 Å².